The smallest absolute Gasteiger partial charge is 0.134 e. The maximum absolute atomic E-state index is 14.0. The highest BCUT2D eigenvalue weighted by molar-refractivity contribution is 8.07. The predicted octanol–water partition coefficient (Wildman–Crippen LogP) is 3.54. The molecule has 0 radical (unpaired) electrons. The Labute approximate surface area is 114 Å². The van der Waals surface area contributed by atoms with E-state index in [1.165, 1.54) is 12.1 Å². The van der Waals surface area contributed by atoms with Crippen LogP contribution in [0.5, 0.6) is 0 Å². The van der Waals surface area contributed by atoms with E-state index in [4.69, 9.17) is 0 Å². The zero-order valence-electron chi connectivity index (χ0n) is 10.3. The molecule has 1 fully saturated rings. The number of thioether (sulfide) groups is 2. The minimum atomic E-state index is -1.09. The molecular weight excluding hydrogens is 274 g/mol. The third kappa shape index (κ3) is 2.68. The van der Waals surface area contributed by atoms with Gasteiger partial charge in [-0.05, 0) is 18.6 Å². The molecule has 0 aliphatic carbocycles. The zero-order chi connectivity index (χ0) is 13.3. The maximum Gasteiger partial charge on any atom is 0.134 e. The fraction of sp³-hybridized carbons (Fsp3) is 0.538. The second kappa shape index (κ2) is 5.80. The summed E-state index contributed by atoms with van der Waals surface area (Å²) in [6.45, 7) is 3.58. The van der Waals surface area contributed by atoms with Gasteiger partial charge in [-0.1, -0.05) is 13.0 Å². The number of aliphatic hydroxyl groups excluding tert-OH is 1. The molecule has 100 valence electrons. The molecule has 1 aromatic rings. The van der Waals surface area contributed by atoms with E-state index in [-0.39, 0.29) is 16.1 Å². The highest BCUT2D eigenvalue weighted by Gasteiger charge is 2.33. The highest BCUT2D eigenvalue weighted by atomic mass is 32.2. The van der Waals surface area contributed by atoms with E-state index >= 15 is 0 Å². The Kier molecular flexibility index (Phi) is 4.56. The SMILES string of the molecule is Cc1ccc(F)c(C(O)C2SCCSC2C)c1F. The molecule has 1 aliphatic rings. The molecule has 1 aromatic carbocycles. The van der Waals surface area contributed by atoms with Crippen molar-refractivity contribution >= 4 is 23.5 Å². The van der Waals surface area contributed by atoms with E-state index in [2.05, 4.69) is 0 Å². The third-order valence-electron chi connectivity index (χ3n) is 3.16. The fourth-order valence-electron chi connectivity index (χ4n) is 2.11. The van der Waals surface area contributed by atoms with Crippen LogP contribution in [0.2, 0.25) is 0 Å². The minimum absolute atomic E-state index is 0.158. The summed E-state index contributed by atoms with van der Waals surface area (Å²) >= 11 is 3.33. The van der Waals surface area contributed by atoms with Crippen LogP contribution in [0.15, 0.2) is 12.1 Å². The molecule has 1 nitrogen and oxygen atoms in total. The molecule has 0 bridgehead atoms. The molecule has 1 saturated heterocycles. The Balaban J connectivity index is 2.33. The van der Waals surface area contributed by atoms with Crippen LogP contribution in [0.25, 0.3) is 0 Å². The number of aliphatic hydroxyl groups is 1. The fourth-order valence-corrected chi connectivity index (χ4v) is 4.92. The molecule has 3 atom stereocenters. The number of rotatable bonds is 2. The van der Waals surface area contributed by atoms with E-state index < -0.39 is 17.7 Å². The molecule has 3 unspecified atom stereocenters. The van der Waals surface area contributed by atoms with Crippen molar-refractivity contribution in [3.8, 4) is 0 Å². The Morgan fingerprint density at radius 2 is 1.94 bits per heavy atom. The van der Waals surface area contributed by atoms with Crippen molar-refractivity contribution in [1.82, 2.24) is 0 Å². The monoisotopic (exact) mass is 290 g/mol. The van der Waals surface area contributed by atoms with Gasteiger partial charge < -0.3 is 5.11 Å². The quantitative estimate of drug-likeness (QED) is 0.899. The minimum Gasteiger partial charge on any atom is -0.387 e. The molecule has 1 heterocycles. The summed E-state index contributed by atoms with van der Waals surface area (Å²) in [5, 5.41) is 10.3. The lowest BCUT2D eigenvalue weighted by Crippen LogP contribution is -2.30. The van der Waals surface area contributed by atoms with Gasteiger partial charge in [-0.15, -0.1) is 0 Å². The molecule has 1 aliphatic heterocycles. The van der Waals surface area contributed by atoms with Crippen molar-refractivity contribution in [3.63, 3.8) is 0 Å². The lowest BCUT2D eigenvalue weighted by Gasteiger charge is -2.32. The van der Waals surface area contributed by atoms with Gasteiger partial charge in [0, 0.05) is 22.0 Å². The van der Waals surface area contributed by atoms with Crippen molar-refractivity contribution in [3.05, 3.63) is 34.9 Å². The Morgan fingerprint density at radius 3 is 2.61 bits per heavy atom. The first kappa shape index (κ1) is 14.2. The molecule has 5 heteroatoms. The first-order valence-electron chi connectivity index (χ1n) is 5.88. The molecular formula is C13H16F2OS2. The van der Waals surface area contributed by atoms with Crippen molar-refractivity contribution in [2.75, 3.05) is 11.5 Å². The first-order valence-corrected chi connectivity index (χ1v) is 7.98. The van der Waals surface area contributed by atoms with Crippen LogP contribution in [-0.4, -0.2) is 27.1 Å². The van der Waals surface area contributed by atoms with Crippen molar-refractivity contribution in [2.24, 2.45) is 0 Å². The van der Waals surface area contributed by atoms with Gasteiger partial charge in [0.25, 0.3) is 0 Å². The predicted molar refractivity (Wildman–Crippen MR) is 74.2 cm³/mol. The van der Waals surface area contributed by atoms with Crippen LogP contribution >= 0.6 is 23.5 Å². The lowest BCUT2D eigenvalue weighted by molar-refractivity contribution is 0.164. The Morgan fingerprint density at radius 1 is 1.28 bits per heavy atom. The van der Waals surface area contributed by atoms with E-state index in [9.17, 15) is 13.9 Å². The number of benzene rings is 1. The van der Waals surface area contributed by atoms with Gasteiger partial charge in [-0.3, -0.25) is 0 Å². The topological polar surface area (TPSA) is 20.2 Å². The summed E-state index contributed by atoms with van der Waals surface area (Å²) in [6, 6.07) is 2.62. The largest absolute Gasteiger partial charge is 0.387 e. The summed E-state index contributed by atoms with van der Waals surface area (Å²) in [7, 11) is 0. The van der Waals surface area contributed by atoms with Crippen molar-refractivity contribution in [1.29, 1.82) is 0 Å². The van der Waals surface area contributed by atoms with E-state index in [1.807, 2.05) is 6.92 Å². The van der Waals surface area contributed by atoms with Gasteiger partial charge in [-0.25, -0.2) is 8.78 Å². The van der Waals surface area contributed by atoms with Gasteiger partial charge in [0.2, 0.25) is 0 Å². The molecule has 0 spiro atoms. The van der Waals surface area contributed by atoms with Crippen LogP contribution in [0.3, 0.4) is 0 Å². The van der Waals surface area contributed by atoms with E-state index in [1.54, 1.807) is 30.4 Å². The molecule has 0 amide bonds. The molecule has 0 aromatic heterocycles. The molecule has 18 heavy (non-hydrogen) atoms. The van der Waals surface area contributed by atoms with Gasteiger partial charge >= 0.3 is 0 Å². The zero-order valence-corrected chi connectivity index (χ0v) is 12.0. The van der Waals surface area contributed by atoms with Crippen LogP contribution in [0.1, 0.15) is 24.2 Å². The number of hydrogen-bond acceptors (Lipinski definition) is 3. The average molecular weight is 290 g/mol. The number of hydrogen-bond donors (Lipinski definition) is 1. The van der Waals surface area contributed by atoms with Crippen LogP contribution < -0.4 is 0 Å². The van der Waals surface area contributed by atoms with Crippen LogP contribution in [0, 0.1) is 18.6 Å². The normalized spacial score (nSPS) is 26.1. The van der Waals surface area contributed by atoms with Gasteiger partial charge in [-0.2, -0.15) is 23.5 Å². The van der Waals surface area contributed by atoms with E-state index in [0.717, 1.165) is 11.5 Å². The Hall–Kier alpha value is -0.260. The number of halogens is 2. The van der Waals surface area contributed by atoms with Gasteiger partial charge in [0.1, 0.15) is 11.6 Å². The summed E-state index contributed by atoms with van der Waals surface area (Å²) < 4.78 is 27.7. The highest BCUT2D eigenvalue weighted by Crippen LogP contribution is 2.40. The summed E-state index contributed by atoms with van der Waals surface area (Å²) in [6.07, 6.45) is -1.09. The lowest BCUT2D eigenvalue weighted by atomic mass is 10.0. The average Bonchev–Trinajstić information content (AvgIpc) is 2.35. The maximum atomic E-state index is 14.0. The first-order chi connectivity index (χ1) is 8.52. The van der Waals surface area contributed by atoms with E-state index in [0.29, 0.717) is 5.56 Å². The summed E-state index contributed by atoms with van der Waals surface area (Å²) in [4.78, 5) is 0. The Bertz CT molecular complexity index is 439. The summed E-state index contributed by atoms with van der Waals surface area (Å²) in [5.41, 5.74) is 0.188. The molecule has 2 rings (SSSR count). The van der Waals surface area contributed by atoms with Gasteiger partial charge in [0.05, 0.1) is 11.7 Å². The summed E-state index contributed by atoms with van der Waals surface area (Å²) in [5.74, 6) is 0.652. The molecule has 0 saturated carbocycles. The van der Waals surface area contributed by atoms with Crippen LogP contribution in [-0.2, 0) is 0 Å². The van der Waals surface area contributed by atoms with Gasteiger partial charge in [0.15, 0.2) is 0 Å². The van der Waals surface area contributed by atoms with Crippen molar-refractivity contribution < 1.29 is 13.9 Å². The second-order valence-corrected chi connectivity index (χ2v) is 7.22. The standard InChI is InChI=1S/C13H16F2OS2/c1-7-3-4-9(14)10(11(7)15)12(16)13-8(2)17-5-6-18-13/h3-4,8,12-13,16H,5-6H2,1-2H3. The van der Waals surface area contributed by atoms with Crippen LogP contribution in [0.4, 0.5) is 8.78 Å². The molecule has 1 N–H and O–H groups in total. The van der Waals surface area contributed by atoms with Crippen molar-refractivity contribution in [2.45, 2.75) is 30.5 Å². The number of aryl methyl sites for hydroxylation is 1. The third-order valence-corrected chi connectivity index (χ3v) is 6.34. The second-order valence-electron chi connectivity index (χ2n) is 4.45.